The quantitative estimate of drug-likeness (QED) is 0.901. The fraction of sp³-hybridized carbons (Fsp3) is 0.600. The molecular weight excluding hydrogens is 244 g/mol. The first kappa shape index (κ1) is 13.7. The van der Waals surface area contributed by atoms with E-state index in [0.717, 1.165) is 10.9 Å². The lowest BCUT2D eigenvalue weighted by atomic mass is 9.86. The monoisotopic (exact) mass is 266 g/mol. The highest BCUT2D eigenvalue weighted by Crippen LogP contribution is 2.32. The molecule has 1 fully saturated rings. The summed E-state index contributed by atoms with van der Waals surface area (Å²) in [7, 11) is 2.17. The van der Waals surface area contributed by atoms with E-state index < -0.39 is 0 Å². The Labute approximate surface area is 115 Å². The average Bonchev–Trinajstić information content (AvgIpc) is 2.38. The van der Waals surface area contributed by atoms with Crippen molar-refractivity contribution in [1.82, 2.24) is 0 Å². The third-order valence-electron chi connectivity index (χ3n) is 4.10. The van der Waals surface area contributed by atoms with Gasteiger partial charge in [0.2, 0.25) is 0 Å². The van der Waals surface area contributed by atoms with Crippen molar-refractivity contribution in [3.8, 4) is 0 Å². The zero-order valence-corrected chi connectivity index (χ0v) is 12.1. The minimum absolute atomic E-state index is 0.569. The van der Waals surface area contributed by atoms with Crippen LogP contribution in [0.1, 0.15) is 38.2 Å². The van der Waals surface area contributed by atoms with Crippen LogP contribution in [0.15, 0.2) is 18.2 Å². The summed E-state index contributed by atoms with van der Waals surface area (Å²) in [6.45, 7) is 2.92. The number of hydrogen-bond acceptors (Lipinski definition) is 2. The molecule has 0 amide bonds. The van der Waals surface area contributed by atoms with Crippen molar-refractivity contribution >= 4 is 17.3 Å². The Kier molecular flexibility index (Phi) is 4.52. The molecule has 2 N–H and O–H groups in total. The highest BCUT2D eigenvalue weighted by molar-refractivity contribution is 6.30. The normalized spacial score (nSPS) is 24.0. The number of nitrogens with two attached hydrogens (primary N) is 1. The molecule has 0 radical (unpaired) electrons. The van der Waals surface area contributed by atoms with Gasteiger partial charge in [-0.1, -0.05) is 37.4 Å². The van der Waals surface area contributed by atoms with E-state index in [1.807, 2.05) is 18.2 Å². The van der Waals surface area contributed by atoms with E-state index in [2.05, 4.69) is 18.9 Å². The summed E-state index contributed by atoms with van der Waals surface area (Å²) in [6.07, 6.45) is 5.24. The number of benzene rings is 1. The summed E-state index contributed by atoms with van der Waals surface area (Å²) in [4.78, 5) is 2.38. The van der Waals surface area contributed by atoms with Crippen LogP contribution in [0.5, 0.6) is 0 Å². The lowest BCUT2D eigenvalue weighted by Gasteiger charge is -2.36. The number of rotatable bonds is 3. The van der Waals surface area contributed by atoms with Crippen LogP contribution in [0.2, 0.25) is 5.02 Å². The summed E-state index contributed by atoms with van der Waals surface area (Å²) in [6, 6.07) is 6.63. The Morgan fingerprint density at radius 1 is 1.39 bits per heavy atom. The van der Waals surface area contributed by atoms with Gasteiger partial charge in [-0.2, -0.15) is 0 Å². The van der Waals surface area contributed by atoms with Crippen LogP contribution in [-0.4, -0.2) is 13.1 Å². The molecule has 2 unspecified atom stereocenters. The van der Waals surface area contributed by atoms with Crippen LogP contribution in [0.3, 0.4) is 0 Å². The smallest absolute Gasteiger partial charge is 0.0426 e. The predicted octanol–water partition coefficient (Wildman–Crippen LogP) is 3.81. The van der Waals surface area contributed by atoms with Gasteiger partial charge in [0.15, 0.2) is 0 Å². The molecule has 2 atom stereocenters. The van der Waals surface area contributed by atoms with Gasteiger partial charge in [0.1, 0.15) is 0 Å². The van der Waals surface area contributed by atoms with Crippen LogP contribution in [0, 0.1) is 5.92 Å². The van der Waals surface area contributed by atoms with Gasteiger partial charge in [0.05, 0.1) is 0 Å². The Balaban J connectivity index is 2.21. The molecule has 100 valence electrons. The zero-order chi connectivity index (χ0) is 13.1. The standard InChI is InChI=1S/C15H23ClN2/c1-11-4-3-5-14(8-11)18(2)15-9-13(16)7-6-12(15)10-17/h6-7,9,11,14H,3-5,8,10,17H2,1-2H3. The third kappa shape index (κ3) is 2.99. The summed E-state index contributed by atoms with van der Waals surface area (Å²) < 4.78 is 0. The van der Waals surface area contributed by atoms with Crippen LogP contribution in [0.4, 0.5) is 5.69 Å². The molecule has 1 aliphatic rings. The molecule has 0 heterocycles. The first-order valence-corrected chi connectivity index (χ1v) is 7.21. The number of halogens is 1. The second-order valence-corrected chi connectivity index (χ2v) is 5.95. The number of hydrogen-bond donors (Lipinski definition) is 1. The van der Waals surface area contributed by atoms with Crippen molar-refractivity contribution in [3.63, 3.8) is 0 Å². The fourth-order valence-electron chi connectivity index (χ4n) is 2.99. The van der Waals surface area contributed by atoms with E-state index in [1.165, 1.54) is 36.9 Å². The van der Waals surface area contributed by atoms with E-state index in [9.17, 15) is 0 Å². The summed E-state index contributed by atoms with van der Waals surface area (Å²) >= 11 is 6.12. The van der Waals surface area contributed by atoms with E-state index in [-0.39, 0.29) is 0 Å². The minimum Gasteiger partial charge on any atom is -0.371 e. The van der Waals surface area contributed by atoms with Crippen molar-refractivity contribution in [3.05, 3.63) is 28.8 Å². The largest absolute Gasteiger partial charge is 0.371 e. The molecule has 0 saturated heterocycles. The molecule has 0 aliphatic heterocycles. The van der Waals surface area contributed by atoms with Crippen LogP contribution < -0.4 is 10.6 Å². The summed E-state index contributed by atoms with van der Waals surface area (Å²) in [5, 5.41) is 0.790. The topological polar surface area (TPSA) is 29.3 Å². The SMILES string of the molecule is CC1CCCC(N(C)c2cc(Cl)ccc2CN)C1. The minimum atomic E-state index is 0.569. The lowest BCUT2D eigenvalue weighted by molar-refractivity contribution is 0.336. The Morgan fingerprint density at radius 3 is 2.83 bits per heavy atom. The van der Waals surface area contributed by atoms with Crippen molar-refractivity contribution in [2.45, 2.75) is 45.2 Å². The summed E-state index contributed by atoms with van der Waals surface area (Å²) in [5.74, 6) is 0.826. The van der Waals surface area contributed by atoms with Gasteiger partial charge in [-0.25, -0.2) is 0 Å². The van der Waals surface area contributed by atoms with Gasteiger partial charge >= 0.3 is 0 Å². The highest BCUT2D eigenvalue weighted by Gasteiger charge is 2.23. The summed E-state index contributed by atoms with van der Waals surface area (Å²) in [5.41, 5.74) is 8.20. The molecule has 1 aromatic rings. The molecule has 18 heavy (non-hydrogen) atoms. The van der Waals surface area contributed by atoms with E-state index in [1.54, 1.807) is 0 Å². The first-order chi connectivity index (χ1) is 8.61. The maximum atomic E-state index is 6.12. The Morgan fingerprint density at radius 2 is 2.17 bits per heavy atom. The second kappa shape index (κ2) is 5.94. The molecule has 1 aliphatic carbocycles. The third-order valence-corrected chi connectivity index (χ3v) is 4.34. The highest BCUT2D eigenvalue weighted by atomic mass is 35.5. The van der Waals surface area contributed by atoms with Crippen molar-refractivity contribution in [2.75, 3.05) is 11.9 Å². The van der Waals surface area contributed by atoms with Gasteiger partial charge in [-0.15, -0.1) is 0 Å². The molecule has 3 heteroatoms. The molecule has 0 bridgehead atoms. The maximum Gasteiger partial charge on any atom is 0.0426 e. The Hall–Kier alpha value is -0.730. The average molecular weight is 267 g/mol. The van der Waals surface area contributed by atoms with Crippen LogP contribution in [-0.2, 0) is 6.54 Å². The van der Waals surface area contributed by atoms with Crippen molar-refractivity contribution < 1.29 is 0 Å². The van der Waals surface area contributed by atoms with Crippen LogP contribution >= 0.6 is 11.6 Å². The van der Waals surface area contributed by atoms with Gasteiger partial charge < -0.3 is 10.6 Å². The van der Waals surface area contributed by atoms with E-state index in [4.69, 9.17) is 17.3 Å². The predicted molar refractivity (Wildman–Crippen MR) is 79.2 cm³/mol. The van der Waals surface area contributed by atoms with Crippen molar-refractivity contribution in [2.24, 2.45) is 11.7 Å². The number of nitrogens with zero attached hydrogens (tertiary/aromatic N) is 1. The molecule has 2 rings (SSSR count). The molecule has 1 aromatic carbocycles. The maximum absolute atomic E-state index is 6.12. The fourth-order valence-corrected chi connectivity index (χ4v) is 3.15. The van der Waals surface area contributed by atoms with E-state index in [0.29, 0.717) is 12.6 Å². The molecular formula is C15H23ClN2. The van der Waals surface area contributed by atoms with Crippen LogP contribution in [0.25, 0.3) is 0 Å². The molecule has 0 spiro atoms. The molecule has 0 aromatic heterocycles. The van der Waals surface area contributed by atoms with Gasteiger partial charge in [0, 0.05) is 30.3 Å². The van der Waals surface area contributed by atoms with E-state index >= 15 is 0 Å². The number of anilines is 1. The lowest BCUT2D eigenvalue weighted by Crippen LogP contribution is -2.36. The Bertz CT molecular complexity index is 405. The second-order valence-electron chi connectivity index (χ2n) is 5.51. The van der Waals surface area contributed by atoms with Gasteiger partial charge in [-0.05, 0) is 36.5 Å². The molecule has 2 nitrogen and oxygen atoms in total. The van der Waals surface area contributed by atoms with Gasteiger partial charge in [0.25, 0.3) is 0 Å². The van der Waals surface area contributed by atoms with Crippen molar-refractivity contribution in [1.29, 1.82) is 0 Å². The van der Waals surface area contributed by atoms with Gasteiger partial charge in [-0.3, -0.25) is 0 Å². The first-order valence-electron chi connectivity index (χ1n) is 6.83. The molecule has 1 saturated carbocycles. The zero-order valence-electron chi connectivity index (χ0n) is 11.3.